The van der Waals surface area contributed by atoms with Crippen LogP contribution in [0.5, 0.6) is 5.75 Å². The fourth-order valence-corrected chi connectivity index (χ4v) is 2.86. The Balaban J connectivity index is 0.00000225. The Hall–Kier alpha value is -3.19. The van der Waals surface area contributed by atoms with E-state index in [1.54, 1.807) is 13.1 Å². The van der Waals surface area contributed by atoms with Crippen LogP contribution < -0.4 is 10.1 Å². The van der Waals surface area contributed by atoms with Gasteiger partial charge in [-0.05, 0) is 45.0 Å². The maximum absolute atomic E-state index is 5.74. The number of nitrogens with zero attached hydrogens (tertiary/aromatic N) is 4. The van der Waals surface area contributed by atoms with E-state index in [1.807, 2.05) is 50.2 Å². The number of nitrogens with one attached hydrogen (secondary N) is 1. The van der Waals surface area contributed by atoms with Crippen LogP contribution >= 0.6 is 12.4 Å². The smallest absolute Gasteiger partial charge is 0.261 e. The molecule has 0 amide bonds. The van der Waals surface area contributed by atoms with Gasteiger partial charge in [-0.1, -0.05) is 17.3 Å². The third-order valence-electron chi connectivity index (χ3n) is 4.07. The number of hydrogen-bond donors (Lipinski definition) is 1. The molecule has 0 aliphatic heterocycles. The molecule has 0 atom stereocenters. The SMILES string of the molecule is CCOc1ccccc1Nc1c(-c2nc(C)no2)cnc2nc(C)ccc12.Cl. The van der Waals surface area contributed by atoms with Gasteiger partial charge in [0, 0.05) is 17.3 Å². The minimum absolute atomic E-state index is 0. The first kappa shape index (κ1) is 19.6. The normalized spacial score (nSPS) is 10.5. The highest BCUT2D eigenvalue weighted by atomic mass is 35.5. The summed E-state index contributed by atoms with van der Waals surface area (Å²) in [7, 11) is 0. The monoisotopic (exact) mass is 397 g/mol. The Morgan fingerprint density at radius 3 is 2.64 bits per heavy atom. The molecule has 0 radical (unpaired) electrons. The van der Waals surface area contributed by atoms with Crippen molar-refractivity contribution in [3.05, 3.63) is 54.1 Å². The average molecular weight is 398 g/mol. The van der Waals surface area contributed by atoms with Crippen molar-refractivity contribution in [3.8, 4) is 17.2 Å². The summed E-state index contributed by atoms with van der Waals surface area (Å²) in [5, 5.41) is 8.23. The molecule has 144 valence electrons. The van der Waals surface area contributed by atoms with Gasteiger partial charge in [0.05, 0.1) is 23.5 Å². The van der Waals surface area contributed by atoms with Gasteiger partial charge in [-0.15, -0.1) is 12.4 Å². The molecule has 4 rings (SSSR count). The fraction of sp³-hybridized carbons (Fsp3) is 0.200. The highest BCUT2D eigenvalue weighted by molar-refractivity contribution is 5.98. The van der Waals surface area contributed by atoms with Crippen LogP contribution in [0.15, 0.2) is 47.1 Å². The molecule has 0 aliphatic rings. The van der Waals surface area contributed by atoms with Crippen LogP contribution in [0.25, 0.3) is 22.5 Å². The van der Waals surface area contributed by atoms with Crippen LogP contribution in [0, 0.1) is 13.8 Å². The average Bonchev–Trinajstić information content (AvgIpc) is 3.09. The second-order valence-corrected chi connectivity index (χ2v) is 6.07. The topological polar surface area (TPSA) is 86.0 Å². The van der Waals surface area contributed by atoms with E-state index in [4.69, 9.17) is 9.26 Å². The van der Waals surface area contributed by atoms with Crippen LogP contribution in [-0.4, -0.2) is 26.7 Å². The number of anilines is 2. The van der Waals surface area contributed by atoms with Crippen molar-refractivity contribution in [3.63, 3.8) is 0 Å². The van der Waals surface area contributed by atoms with Crippen molar-refractivity contribution >= 4 is 34.8 Å². The molecule has 0 aliphatic carbocycles. The Labute approximate surface area is 168 Å². The number of aryl methyl sites for hydroxylation is 2. The second kappa shape index (κ2) is 8.22. The molecule has 1 aromatic carbocycles. The zero-order chi connectivity index (χ0) is 18.8. The van der Waals surface area contributed by atoms with E-state index < -0.39 is 0 Å². The molecule has 7 nitrogen and oxygen atoms in total. The van der Waals surface area contributed by atoms with Crippen LogP contribution in [0.1, 0.15) is 18.4 Å². The number of hydrogen-bond acceptors (Lipinski definition) is 7. The summed E-state index contributed by atoms with van der Waals surface area (Å²) in [6.45, 7) is 6.25. The molecule has 8 heteroatoms. The third-order valence-corrected chi connectivity index (χ3v) is 4.07. The van der Waals surface area contributed by atoms with Gasteiger partial charge in [0.2, 0.25) is 0 Å². The first-order chi connectivity index (χ1) is 13.2. The van der Waals surface area contributed by atoms with Gasteiger partial charge in [-0.25, -0.2) is 9.97 Å². The number of benzene rings is 1. The molecule has 3 heterocycles. The predicted octanol–water partition coefficient (Wildman–Crippen LogP) is 4.86. The van der Waals surface area contributed by atoms with E-state index in [1.165, 1.54) is 0 Å². The number of rotatable bonds is 5. The van der Waals surface area contributed by atoms with Crippen molar-refractivity contribution < 1.29 is 9.26 Å². The lowest BCUT2D eigenvalue weighted by molar-refractivity contribution is 0.342. The molecule has 28 heavy (non-hydrogen) atoms. The summed E-state index contributed by atoms with van der Waals surface area (Å²) in [5.74, 6) is 1.73. The maximum atomic E-state index is 5.74. The second-order valence-electron chi connectivity index (χ2n) is 6.07. The van der Waals surface area contributed by atoms with Gasteiger partial charge in [0.25, 0.3) is 5.89 Å². The number of halogens is 1. The molecule has 0 fully saturated rings. The Morgan fingerprint density at radius 1 is 1.07 bits per heavy atom. The number of fused-ring (bicyclic) bond motifs is 1. The van der Waals surface area contributed by atoms with E-state index in [-0.39, 0.29) is 12.4 Å². The number of pyridine rings is 2. The first-order valence-corrected chi connectivity index (χ1v) is 8.71. The summed E-state index contributed by atoms with van der Waals surface area (Å²) in [6.07, 6.45) is 1.70. The zero-order valence-electron chi connectivity index (χ0n) is 15.8. The molecule has 0 spiro atoms. The highest BCUT2D eigenvalue weighted by Crippen LogP contribution is 2.37. The quantitative estimate of drug-likeness (QED) is 0.514. The van der Waals surface area contributed by atoms with Crippen molar-refractivity contribution in [2.75, 3.05) is 11.9 Å². The van der Waals surface area contributed by atoms with Gasteiger partial charge in [-0.2, -0.15) is 4.98 Å². The third kappa shape index (κ3) is 3.75. The summed E-state index contributed by atoms with van der Waals surface area (Å²) >= 11 is 0. The lowest BCUT2D eigenvalue weighted by Crippen LogP contribution is -2.01. The molecular weight excluding hydrogens is 378 g/mol. The fourth-order valence-electron chi connectivity index (χ4n) is 2.86. The first-order valence-electron chi connectivity index (χ1n) is 8.71. The molecule has 0 unspecified atom stereocenters. The van der Waals surface area contributed by atoms with Gasteiger partial charge in [0.1, 0.15) is 5.75 Å². The van der Waals surface area contributed by atoms with Crippen LogP contribution in [0.3, 0.4) is 0 Å². The Kier molecular flexibility index (Phi) is 5.75. The van der Waals surface area contributed by atoms with Crippen LogP contribution in [0.4, 0.5) is 11.4 Å². The van der Waals surface area contributed by atoms with E-state index in [0.717, 1.165) is 28.2 Å². The molecule has 3 aromatic heterocycles. The van der Waals surface area contributed by atoms with Crippen LogP contribution in [-0.2, 0) is 0 Å². The summed E-state index contributed by atoms with van der Waals surface area (Å²) in [4.78, 5) is 13.4. The van der Waals surface area contributed by atoms with Crippen molar-refractivity contribution in [2.45, 2.75) is 20.8 Å². The molecule has 1 N–H and O–H groups in total. The molecule has 0 saturated carbocycles. The molecule has 0 bridgehead atoms. The van der Waals surface area contributed by atoms with Crippen molar-refractivity contribution in [1.82, 2.24) is 20.1 Å². The maximum Gasteiger partial charge on any atom is 0.261 e. The van der Waals surface area contributed by atoms with Crippen molar-refractivity contribution in [2.24, 2.45) is 0 Å². The lowest BCUT2D eigenvalue weighted by Gasteiger charge is -2.15. The van der Waals surface area contributed by atoms with Crippen molar-refractivity contribution in [1.29, 1.82) is 0 Å². The Bertz CT molecular complexity index is 1110. The zero-order valence-corrected chi connectivity index (χ0v) is 16.6. The summed E-state index contributed by atoms with van der Waals surface area (Å²) in [5.41, 5.74) is 3.89. The van der Waals surface area contributed by atoms with Gasteiger partial charge >= 0.3 is 0 Å². The molecule has 0 saturated heterocycles. The number of para-hydroxylation sites is 2. The molecule has 4 aromatic rings. The molecular formula is C20H20ClN5O2. The predicted molar refractivity (Wildman–Crippen MR) is 110 cm³/mol. The van der Waals surface area contributed by atoms with Gasteiger partial charge in [-0.3, -0.25) is 0 Å². The van der Waals surface area contributed by atoms with Gasteiger partial charge in [0.15, 0.2) is 11.5 Å². The van der Waals surface area contributed by atoms with E-state index in [9.17, 15) is 0 Å². The Morgan fingerprint density at radius 2 is 1.89 bits per heavy atom. The number of aromatic nitrogens is 4. The summed E-state index contributed by atoms with van der Waals surface area (Å²) in [6, 6.07) is 11.7. The standard InChI is InChI=1S/C20H19N5O2.ClH/c1-4-26-17-8-6-5-7-16(17)24-18-14-10-9-12(2)22-19(14)21-11-15(18)20-23-13(3)25-27-20;/h5-11H,4H2,1-3H3,(H,21,22,24);1H. The van der Waals surface area contributed by atoms with Gasteiger partial charge < -0.3 is 14.6 Å². The summed E-state index contributed by atoms with van der Waals surface area (Å²) < 4.78 is 11.1. The largest absolute Gasteiger partial charge is 0.492 e. The van der Waals surface area contributed by atoms with E-state index in [2.05, 4.69) is 25.4 Å². The minimum Gasteiger partial charge on any atom is -0.492 e. The number of ether oxygens (including phenoxy) is 1. The highest BCUT2D eigenvalue weighted by Gasteiger charge is 2.18. The van der Waals surface area contributed by atoms with Crippen LogP contribution in [0.2, 0.25) is 0 Å². The minimum atomic E-state index is 0. The van der Waals surface area contributed by atoms with E-state index in [0.29, 0.717) is 29.5 Å². The van der Waals surface area contributed by atoms with E-state index >= 15 is 0 Å². The lowest BCUT2D eigenvalue weighted by atomic mass is 10.1.